The summed E-state index contributed by atoms with van der Waals surface area (Å²) in [7, 11) is 0. The zero-order chi connectivity index (χ0) is 14.2. The van der Waals surface area contributed by atoms with Gasteiger partial charge in [-0.15, -0.1) is 0 Å². The van der Waals surface area contributed by atoms with Gasteiger partial charge in [-0.2, -0.15) is 0 Å². The van der Waals surface area contributed by atoms with Gasteiger partial charge in [0.05, 0.1) is 0 Å². The van der Waals surface area contributed by atoms with E-state index in [1.54, 1.807) is 0 Å². The molecule has 2 N–H and O–H groups in total. The monoisotopic (exact) mass is 272 g/mol. The fraction of sp³-hybridized carbons (Fsp3) is 0.471. The Hall–Kier alpha value is -1.77. The number of carbonyl (C=O) groups excluding carboxylic acids is 1. The molecule has 2 aromatic rings. The lowest BCUT2D eigenvalue weighted by Crippen LogP contribution is -2.24. The summed E-state index contributed by atoms with van der Waals surface area (Å²) >= 11 is 0. The highest BCUT2D eigenvalue weighted by molar-refractivity contribution is 5.84. The van der Waals surface area contributed by atoms with Gasteiger partial charge in [0.1, 0.15) is 0 Å². The first kappa shape index (κ1) is 14.6. The summed E-state index contributed by atoms with van der Waals surface area (Å²) in [6.07, 6.45) is 8.16. The number of amides is 1. The summed E-state index contributed by atoms with van der Waals surface area (Å²) in [6.45, 7) is 3.01. The van der Waals surface area contributed by atoms with Crippen LogP contribution in [0.25, 0.3) is 10.9 Å². The van der Waals surface area contributed by atoms with Crippen LogP contribution in [-0.2, 0) is 11.2 Å². The molecule has 3 nitrogen and oxygen atoms in total. The van der Waals surface area contributed by atoms with Crippen molar-refractivity contribution in [3.05, 3.63) is 36.0 Å². The number of para-hydroxylation sites is 1. The van der Waals surface area contributed by atoms with Gasteiger partial charge in [0.15, 0.2) is 0 Å². The summed E-state index contributed by atoms with van der Waals surface area (Å²) < 4.78 is 0. The van der Waals surface area contributed by atoms with Crippen molar-refractivity contribution in [3.8, 4) is 0 Å². The average molecular weight is 272 g/mol. The molecule has 0 aliphatic rings. The van der Waals surface area contributed by atoms with E-state index < -0.39 is 0 Å². The quantitative estimate of drug-likeness (QED) is 0.705. The van der Waals surface area contributed by atoms with Crippen molar-refractivity contribution in [2.24, 2.45) is 0 Å². The molecule has 1 aromatic carbocycles. The van der Waals surface area contributed by atoms with Gasteiger partial charge in [-0.3, -0.25) is 4.79 Å². The molecule has 0 aliphatic carbocycles. The lowest BCUT2D eigenvalue weighted by Gasteiger charge is -2.04. The second-order valence-corrected chi connectivity index (χ2v) is 5.27. The number of benzene rings is 1. The minimum Gasteiger partial charge on any atom is -0.361 e. The maximum atomic E-state index is 11.8. The third kappa shape index (κ3) is 4.12. The lowest BCUT2D eigenvalue weighted by atomic mass is 10.1. The summed E-state index contributed by atoms with van der Waals surface area (Å²) in [4.78, 5) is 15.0. The van der Waals surface area contributed by atoms with Crippen molar-refractivity contribution in [3.63, 3.8) is 0 Å². The highest BCUT2D eigenvalue weighted by Crippen LogP contribution is 2.18. The third-order valence-electron chi connectivity index (χ3n) is 3.65. The normalized spacial score (nSPS) is 10.8. The summed E-state index contributed by atoms with van der Waals surface area (Å²) in [5.74, 6) is 0.159. The molecule has 0 unspecified atom stereocenters. The van der Waals surface area contributed by atoms with Gasteiger partial charge < -0.3 is 10.3 Å². The Morgan fingerprint density at radius 1 is 1.20 bits per heavy atom. The van der Waals surface area contributed by atoms with E-state index in [0.717, 1.165) is 24.9 Å². The van der Waals surface area contributed by atoms with Crippen LogP contribution in [-0.4, -0.2) is 17.4 Å². The fourth-order valence-corrected chi connectivity index (χ4v) is 2.45. The van der Waals surface area contributed by atoms with Crippen LogP contribution in [0.5, 0.6) is 0 Å². The molecule has 0 radical (unpaired) electrons. The first-order valence-corrected chi connectivity index (χ1v) is 7.63. The molecule has 0 spiro atoms. The SMILES string of the molecule is CCCCCCNC(=O)CCc1c[nH]c2ccccc12. The molecule has 0 bridgehead atoms. The standard InChI is InChI=1S/C17H24N2O/c1-2-3-4-7-12-18-17(20)11-10-14-13-19-16-9-6-5-8-15(14)16/h5-6,8-9,13,19H,2-4,7,10-12H2,1H3,(H,18,20). The molecule has 0 aliphatic heterocycles. The van der Waals surface area contributed by atoms with Crippen molar-refractivity contribution in [2.45, 2.75) is 45.4 Å². The molecule has 20 heavy (non-hydrogen) atoms. The van der Waals surface area contributed by atoms with E-state index >= 15 is 0 Å². The number of aromatic amines is 1. The van der Waals surface area contributed by atoms with Crippen LogP contribution in [0.1, 0.15) is 44.6 Å². The summed E-state index contributed by atoms with van der Waals surface area (Å²) in [6, 6.07) is 8.22. The molecule has 0 saturated carbocycles. The Kier molecular flexibility index (Phi) is 5.66. The molecule has 1 aromatic heterocycles. The van der Waals surface area contributed by atoms with Crippen LogP contribution in [0.3, 0.4) is 0 Å². The summed E-state index contributed by atoms with van der Waals surface area (Å²) in [5, 5.41) is 4.23. The number of unbranched alkanes of at least 4 members (excludes halogenated alkanes) is 3. The Morgan fingerprint density at radius 3 is 2.90 bits per heavy atom. The average Bonchev–Trinajstić information content (AvgIpc) is 2.88. The van der Waals surface area contributed by atoms with Gasteiger partial charge in [-0.05, 0) is 24.5 Å². The van der Waals surface area contributed by atoms with Crippen LogP contribution in [0.4, 0.5) is 0 Å². The second kappa shape index (κ2) is 7.73. The molecular formula is C17H24N2O. The minimum absolute atomic E-state index is 0.159. The molecule has 0 saturated heterocycles. The first-order valence-electron chi connectivity index (χ1n) is 7.63. The Morgan fingerprint density at radius 2 is 2.05 bits per heavy atom. The van der Waals surface area contributed by atoms with E-state index in [0.29, 0.717) is 6.42 Å². The molecule has 0 atom stereocenters. The minimum atomic E-state index is 0.159. The predicted molar refractivity (Wildman–Crippen MR) is 83.8 cm³/mol. The number of fused-ring (bicyclic) bond motifs is 1. The van der Waals surface area contributed by atoms with Crippen LogP contribution >= 0.6 is 0 Å². The van der Waals surface area contributed by atoms with Gasteiger partial charge in [0.25, 0.3) is 0 Å². The van der Waals surface area contributed by atoms with Crippen molar-refractivity contribution in [1.29, 1.82) is 0 Å². The maximum absolute atomic E-state index is 11.8. The fourth-order valence-electron chi connectivity index (χ4n) is 2.45. The van der Waals surface area contributed by atoms with E-state index in [4.69, 9.17) is 0 Å². The highest BCUT2D eigenvalue weighted by atomic mass is 16.1. The predicted octanol–water partition coefficient (Wildman–Crippen LogP) is 3.80. The number of H-pyrrole nitrogens is 1. The van der Waals surface area contributed by atoms with E-state index in [1.807, 2.05) is 18.3 Å². The molecule has 0 fully saturated rings. The highest BCUT2D eigenvalue weighted by Gasteiger charge is 2.06. The zero-order valence-electron chi connectivity index (χ0n) is 12.2. The van der Waals surface area contributed by atoms with Gasteiger partial charge in [0, 0.05) is 30.1 Å². The molecular weight excluding hydrogens is 248 g/mol. The second-order valence-electron chi connectivity index (χ2n) is 5.27. The number of rotatable bonds is 8. The first-order chi connectivity index (χ1) is 9.81. The molecule has 1 heterocycles. The van der Waals surface area contributed by atoms with E-state index in [1.165, 1.54) is 30.2 Å². The lowest BCUT2D eigenvalue weighted by molar-refractivity contribution is -0.121. The Balaban J connectivity index is 1.73. The number of aromatic nitrogens is 1. The van der Waals surface area contributed by atoms with Crippen molar-refractivity contribution < 1.29 is 4.79 Å². The third-order valence-corrected chi connectivity index (χ3v) is 3.65. The molecule has 1 amide bonds. The van der Waals surface area contributed by atoms with Crippen molar-refractivity contribution >= 4 is 16.8 Å². The molecule has 108 valence electrons. The molecule has 3 heteroatoms. The summed E-state index contributed by atoms with van der Waals surface area (Å²) in [5.41, 5.74) is 2.37. The number of carbonyl (C=O) groups is 1. The largest absolute Gasteiger partial charge is 0.361 e. The van der Waals surface area contributed by atoms with Gasteiger partial charge in [0.2, 0.25) is 5.91 Å². The number of hydrogen-bond acceptors (Lipinski definition) is 1. The smallest absolute Gasteiger partial charge is 0.220 e. The van der Waals surface area contributed by atoms with Gasteiger partial charge in [-0.1, -0.05) is 44.4 Å². The van der Waals surface area contributed by atoms with Gasteiger partial charge in [-0.25, -0.2) is 0 Å². The van der Waals surface area contributed by atoms with E-state index in [9.17, 15) is 4.79 Å². The number of hydrogen-bond donors (Lipinski definition) is 2. The van der Waals surface area contributed by atoms with E-state index in [2.05, 4.69) is 29.4 Å². The molecule has 2 rings (SSSR count). The maximum Gasteiger partial charge on any atom is 0.220 e. The Bertz CT molecular complexity index is 545. The zero-order valence-corrected chi connectivity index (χ0v) is 12.2. The van der Waals surface area contributed by atoms with Crippen LogP contribution in [0.15, 0.2) is 30.5 Å². The topological polar surface area (TPSA) is 44.9 Å². The number of aryl methyl sites for hydroxylation is 1. The van der Waals surface area contributed by atoms with Crippen molar-refractivity contribution in [2.75, 3.05) is 6.54 Å². The Labute approximate surface area is 120 Å². The van der Waals surface area contributed by atoms with Gasteiger partial charge >= 0.3 is 0 Å². The van der Waals surface area contributed by atoms with Crippen molar-refractivity contribution in [1.82, 2.24) is 10.3 Å². The van der Waals surface area contributed by atoms with Crippen LogP contribution < -0.4 is 5.32 Å². The number of nitrogens with one attached hydrogen (secondary N) is 2. The van der Waals surface area contributed by atoms with Crippen LogP contribution in [0.2, 0.25) is 0 Å². The van der Waals surface area contributed by atoms with E-state index in [-0.39, 0.29) is 5.91 Å². The van der Waals surface area contributed by atoms with Crippen LogP contribution in [0, 0.1) is 0 Å².